The van der Waals surface area contributed by atoms with Gasteiger partial charge in [-0.2, -0.15) is 0 Å². The molecule has 9 heteroatoms. The number of benzene rings is 4. The van der Waals surface area contributed by atoms with Gasteiger partial charge in [0.2, 0.25) is 0 Å². The molecule has 176 valence electrons. The molecule has 0 atom stereocenters. The number of carbonyl (C=O) groups excluding carboxylic acids is 1. The minimum atomic E-state index is -0.804. The van der Waals surface area contributed by atoms with Crippen LogP contribution in [0.3, 0.4) is 0 Å². The van der Waals surface area contributed by atoms with E-state index < -0.39 is 16.8 Å². The lowest BCUT2D eigenvalue weighted by Crippen LogP contribution is -2.44. The number of hydrogen-bond donors (Lipinski definition) is 0. The maximum atomic E-state index is 13.0. The maximum Gasteiger partial charge on any atom is 0.426 e. The Labute approximate surface area is 206 Å². The highest BCUT2D eigenvalue weighted by molar-refractivity contribution is 6.80. The van der Waals surface area contributed by atoms with E-state index in [1.807, 2.05) is 24.3 Å². The maximum absolute atomic E-state index is 13.0. The first-order chi connectivity index (χ1) is 17.4. The second-order valence-corrected chi connectivity index (χ2v) is 7.80. The number of carbonyl (C=O) groups is 1. The zero-order valence-corrected chi connectivity index (χ0v) is 18.9. The van der Waals surface area contributed by atoms with Crippen molar-refractivity contribution in [3.05, 3.63) is 147 Å². The summed E-state index contributed by atoms with van der Waals surface area (Å²) in [4.78, 5) is 34.3. The van der Waals surface area contributed by atoms with Crippen molar-refractivity contribution >= 4 is 40.8 Å². The summed E-state index contributed by atoms with van der Waals surface area (Å²) in [5.41, 5.74) is 2.11. The SMILES string of the molecule is O=C(/C=C(\OB(c1ccc([N+](=O)[O-])cc1)c1ccc([N+](=O)[O-])cc1)c1ccccc1)c1ccccc1. The molecule has 0 unspecified atom stereocenters. The molecule has 0 aliphatic rings. The van der Waals surface area contributed by atoms with Gasteiger partial charge in [0.05, 0.1) is 9.85 Å². The van der Waals surface area contributed by atoms with Crippen molar-refractivity contribution < 1.29 is 19.3 Å². The third kappa shape index (κ3) is 5.71. The van der Waals surface area contributed by atoms with Crippen LogP contribution in [-0.2, 0) is 4.65 Å². The Balaban J connectivity index is 1.79. The Morgan fingerprint density at radius 1 is 0.639 bits per heavy atom. The molecular formula is C27H19BN2O6. The zero-order chi connectivity index (χ0) is 25.5. The first-order valence-electron chi connectivity index (χ1n) is 10.9. The average Bonchev–Trinajstić information content (AvgIpc) is 2.92. The molecule has 0 heterocycles. The van der Waals surface area contributed by atoms with Crippen LogP contribution in [0.1, 0.15) is 15.9 Å². The van der Waals surface area contributed by atoms with Crippen molar-refractivity contribution in [2.45, 2.75) is 0 Å². The molecule has 0 aliphatic heterocycles. The predicted octanol–water partition coefficient (Wildman–Crippen LogP) is 4.55. The highest BCUT2D eigenvalue weighted by atomic mass is 16.6. The Morgan fingerprint density at radius 3 is 1.47 bits per heavy atom. The van der Waals surface area contributed by atoms with Crippen LogP contribution in [0.4, 0.5) is 11.4 Å². The molecule has 0 aliphatic carbocycles. The van der Waals surface area contributed by atoms with Crippen molar-refractivity contribution in [1.29, 1.82) is 0 Å². The lowest BCUT2D eigenvalue weighted by molar-refractivity contribution is -0.385. The number of nitro benzene ring substituents is 2. The van der Waals surface area contributed by atoms with Gasteiger partial charge in [0.25, 0.3) is 11.4 Å². The molecule has 0 spiro atoms. The number of hydrogen-bond acceptors (Lipinski definition) is 6. The summed E-state index contributed by atoms with van der Waals surface area (Å²) in [6, 6.07) is 29.5. The van der Waals surface area contributed by atoms with Crippen LogP contribution in [0.15, 0.2) is 115 Å². The molecule has 0 amide bonds. The first-order valence-corrected chi connectivity index (χ1v) is 10.9. The smallest absolute Gasteiger partial charge is 0.426 e. The average molecular weight is 478 g/mol. The normalized spacial score (nSPS) is 10.9. The summed E-state index contributed by atoms with van der Waals surface area (Å²) in [6.45, 7) is -0.804. The highest BCUT2D eigenvalue weighted by Gasteiger charge is 2.27. The van der Waals surface area contributed by atoms with E-state index in [0.29, 0.717) is 22.1 Å². The van der Waals surface area contributed by atoms with Crippen molar-refractivity contribution in [3.63, 3.8) is 0 Å². The van der Waals surface area contributed by atoms with Gasteiger partial charge in [-0.25, -0.2) is 0 Å². The van der Waals surface area contributed by atoms with Gasteiger partial charge >= 0.3 is 6.92 Å². The van der Waals surface area contributed by atoms with Crippen LogP contribution in [0.2, 0.25) is 0 Å². The fourth-order valence-corrected chi connectivity index (χ4v) is 3.59. The van der Waals surface area contributed by atoms with Crippen LogP contribution in [0.5, 0.6) is 0 Å². The fourth-order valence-electron chi connectivity index (χ4n) is 3.59. The molecule has 36 heavy (non-hydrogen) atoms. The molecular weight excluding hydrogens is 459 g/mol. The molecule has 4 aromatic rings. The van der Waals surface area contributed by atoms with Gasteiger partial charge in [-0.15, -0.1) is 0 Å². The third-order valence-electron chi connectivity index (χ3n) is 5.44. The monoisotopic (exact) mass is 478 g/mol. The number of nitrogens with zero attached hydrogens (tertiary/aromatic N) is 2. The van der Waals surface area contributed by atoms with Crippen molar-refractivity contribution in [2.24, 2.45) is 0 Å². The van der Waals surface area contributed by atoms with Gasteiger partial charge in [-0.3, -0.25) is 25.0 Å². The zero-order valence-electron chi connectivity index (χ0n) is 18.9. The molecule has 8 nitrogen and oxygen atoms in total. The minimum absolute atomic E-state index is 0.0840. The van der Waals surface area contributed by atoms with Gasteiger partial charge in [-0.1, -0.05) is 84.9 Å². The summed E-state index contributed by atoms with van der Waals surface area (Å²) in [5.74, 6) is 0.0201. The minimum Gasteiger partial charge on any atom is -0.551 e. The molecule has 0 N–H and O–H groups in total. The topological polar surface area (TPSA) is 113 Å². The molecule has 0 fully saturated rings. The summed E-state index contributed by atoms with van der Waals surface area (Å²) in [7, 11) is 0. The number of ketones is 1. The lowest BCUT2D eigenvalue weighted by atomic mass is 9.55. The summed E-state index contributed by atoms with van der Waals surface area (Å²) in [6.07, 6.45) is 1.40. The second kappa shape index (κ2) is 10.9. The van der Waals surface area contributed by atoms with Crippen LogP contribution >= 0.6 is 0 Å². The van der Waals surface area contributed by atoms with E-state index in [-0.39, 0.29) is 22.9 Å². The lowest BCUT2D eigenvalue weighted by Gasteiger charge is -2.19. The third-order valence-corrected chi connectivity index (χ3v) is 5.44. The van der Waals surface area contributed by atoms with E-state index in [1.165, 1.54) is 30.3 Å². The van der Waals surface area contributed by atoms with Gasteiger partial charge in [0.15, 0.2) is 5.78 Å². The quantitative estimate of drug-likeness (QED) is 0.0871. The molecule has 4 rings (SSSR count). The fraction of sp³-hybridized carbons (Fsp3) is 0. The number of rotatable bonds is 9. The standard InChI is InChI=1S/C27H19BN2O6/c31-26(20-7-3-1-4-8-20)19-27(21-9-5-2-6-10-21)36-28(22-11-15-24(16-12-22)29(32)33)23-13-17-25(18-14-23)30(34)35/h1-19H/b27-19-. The van der Waals surface area contributed by atoms with E-state index >= 15 is 0 Å². The predicted molar refractivity (Wildman–Crippen MR) is 137 cm³/mol. The van der Waals surface area contributed by atoms with E-state index in [4.69, 9.17) is 4.65 Å². The van der Waals surface area contributed by atoms with Crippen LogP contribution in [0.25, 0.3) is 5.76 Å². The van der Waals surface area contributed by atoms with Crippen LogP contribution in [0, 0.1) is 20.2 Å². The number of non-ortho nitro benzene ring substituents is 2. The molecule has 0 bridgehead atoms. The van der Waals surface area contributed by atoms with Crippen LogP contribution in [-0.4, -0.2) is 22.5 Å². The van der Waals surface area contributed by atoms with E-state index in [2.05, 4.69) is 0 Å². The molecule has 0 radical (unpaired) electrons. The van der Waals surface area contributed by atoms with Gasteiger partial charge in [-0.05, 0) is 10.9 Å². The van der Waals surface area contributed by atoms with E-state index in [1.54, 1.807) is 60.7 Å². The number of allylic oxidation sites excluding steroid dienone is 1. The summed E-state index contributed by atoms with van der Waals surface area (Å²) < 4.78 is 6.40. The second-order valence-electron chi connectivity index (χ2n) is 7.80. The molecule has 0 aromatic heterocycles. The Morgan fingerprint density at radius 2 is 1.06 bits per heavy atom. The number of nitro groups is 2. The highest BCUT2D eigenvalue weighted by Crippen LogP contribution is 2.20. The van der Waals surface area contributed by atoms with Gasteiger partial charge in [0, 0.05) is 41.5 Å². The first kappa shape index (κ1) is 24.1. The summed E-state index contributed by atoms with van der Waals surface area (Å²) >= 11 is 0. The van der Waals surface area contributed by atoms with Crippen molar-refractivity contribution in [1.82, 2.24) is 0 Å². The van der Waals surface area contributed by atoms with Crippen molar-refractivity contribution in [2.75, 3.05) is 0 Å². The molecule has 0 saturated carbocycles. The Kier molecular flexibility index (Phi) is 7.31. The van der Waals surface area contributed by atoms with Gasteiger partial charge < -0.3 is 4.65 Å². The Hall–Kier alpha value is -5.05. The largest absolute Gasteiger partial charge is 0.551 e. The van der Waals surface area contributed by atoms with E-state index in [9.17, 15) is 25.0 Å². The van der Waals surface area contributed by atoms with Gasteiger partial charge in [0.1, 0.15) is 5.76 Å². The van der Waals surface area contributed by atoms with Crippen molar-refractivity contribution in [3.8, 4) is 0 Å². The van der Waals surface area contributed by atoms with Crippen LogP contribution < -0.4 is 10.9 Å². The molecule has 4 aromatic carbocycles. The Bertz CT molecular complexity index is 1350. The molecule has 0 saturated heterocycles. The summed E-state index contributed by atoms with van der Waals surface area (Å²) in [5, 5.41) is 22.3. The van der Waals surface area contributed by atoms with E-state index in [0.717, 1.165) is 0 Å².